The number of fused-ring (bicyclic) bond motifs is 1. The molecular formula is C20H23N3O2. The number of benzene rings is 1. The van der Waals surface area contributed by atoms with E-state index in [1.54, 1.807) is 18.5 Å². The van der Waals surface area contributed by atoms with Crippen LogP contribution in [0, 0.1) is 12.8 Å². The molecule has 2 aromatic rings. The van der Waals surface area contributed by atoms with Crippen molar-refractivity contribution in [3.05, 3.63) is 48.3 Å². The third-order valence-corrected chi connectivity index (χ3v) is 5.38. The Balaban J connectivity index is 1.59. The highest BCUT2D eigenvalue weighted by Gasteiger charge is 2.47. The van der Waals surface area contributed by atoms with E-state index in [-0.39, 0.29) is 12.0 Å². The Morgan fingerprint density at radius 1 is 1.12 bits per heavy atom. The Morgan fingerprint density at radius 3 is 2.60 bits per heavy atom. The Bertz CT molecular complexity index is 732. The van der Waals surface area contributed by atoms with Gasteiger partial charge >= 0.3 is 5.97 Å². The molecule has 1 saturated heterocycles. The van der Waals surface area contributed by atoms with Gasteiger partial charge < -0.3 is 9.64 Å². The highest BCUT2D eigenvalue weighted by atomic mass is 16.5. The van der Waals surface area contributed by atoms with Crippen LogP contribution in [-0.2, 0) is 4.79 Å². The first-order chi connectivity index (χ1) is 12.2. The molecule has 25 heavy (non-hydrogen) atoms. The maximum absolute atomic E-state index is 12.9. The number of hydrogen-bond acceptors (Lipinski definition) is 5. The van der Waals surface area contributed by atoms with Crippen LogP contribution >= 0.6 is 0 Å². The van der Waals surface area contributed by atoms with Crippen LogP contribution in [0.1, 0.15) is 37.7 Å². The Labute approximate surface area is 148 Å². The molecule has 1 saturated carbocycles. The van der Waals surface area contributed by atoms with E-state index >= 15 is 0 Å². The van der Waals surface area contributed by atoms with Gasteiger partial charge in [0.15, 0.2) is 0 Å². The molecule has 0 amide bonds. The molecule has 1 aromatic heterocycles. The fourth-order valence-corrected chi connectivity index (χ4v) is 4.17. The van der Waals surface area contributed by atoms with Crippen LogP contribution in [0.25, 0.3) is 0 Å². The first kappa shape index (κ1) is 16.1. The zero-order chi connectivity index (χ0) is 17.2. The second kappa shape index (κ2) is 6.82. The number of hydrogen-bond donors (Lipinski definition) is 0. The van der Waals surface area contributed by atoms with Gasteiger partial charge in [0.2, 0.25) is 5.95 Å². The van der Waals surface area contributed by atoms with Crippen LogP contribution in [0.15, 0.2) is 42.7 Å². The molecule has 5 nitrogen and oxygen atoms in total. The number of ether oxygens (including phenoxy) is 1. The largest absolute Gasteiger partial charge is 0.425 e. The number of aromatic nitrogens is 2. The summed E-state index contributed by atoms with van der Waals surface area (Å²) in [6, 6.07) is 9.43. The second-order valence-corrected chi connectivity index (χ2v) is 7.05. The number of nitrogens with zero attached hydrogens (tertiary/aromatic N) is 3. The van der Waals surface area contributed by atoms with Crippen molar-refractivity contribution >= 4 is 11.9 Å². The molecular weight excluding hydrogens is 314 g/mol. The zero-order valence-corrected chi connectivity index (χ0v) is 14.5. The summed E-state index contributed by atoms with van der Waals surface area (Å²) in [6.45, 7) is 2.02. The quantitative estimate of drug-likeness (QED) is 0.633. The Kier molecular flexibility index (Phi) is 4.38. The molecule has 1 aromatic carbocycles. The summed E-state index contributed by atoms with van der Waals surface area (Å²) in [5.41, 5.74) is 1.14. The molecule has 0 N–H and O–H groups in total. The number of anilines is 1. The van der Waals surface area contributed by atoms with Crippen LogP contribution in [0.3, 0.4) is 0 Å². The molecule has 4 rings (SSSR count). The van der Waals surface area contributed by atoms with Crippen LogP contribution in [0.2, 0.25) is 0 Å². The fraction of sp³-hybridized carbons (Fsp3) is 0.450. The molecule has 2 heterocycles. The highest BCUT2D eigenvalue weighted by molar-refractivity contribution is 5.82. The van der Waals surface area contributed by atoms with Gasteiger partial charge in [0.05, 0.1) is 0 Å². The first-order valence-corrected chi connectivity index (χ1v) is 9.06. The lowest BCUT2D eigenvalue weighted by Gasteiger charge is -2.33. The summed E-state index contributed by atoms with van der Waals surface area (Å²) >= 11 is 0. The van der Waals surface area contributed by atoms with Crippen molar-refractivity contribution in [1.82, 2.24) is 9.97 Å². The lowest BCUT2D eigenvalue weighted by molar-refractivity contribution is -0.135. The number of esters is 1. The molecule has 2 fully saturated rings. The third kappa shape index (κ3) is 3.23. The predicted molar refractivity (Wildman–Crippen MR) is 95.5 cm³/mol. The summed E-state index contributed by atoms with van der Waals surface area (Å²) in [5, 5.41) is 0. The summed E-state index contributed by atoms with van der Waals surface area (Å²) < 4.78 is 5.67. The van der Waals surface area contributed by atoms with Gasteiger partial charge in [-0.05, 0) is 50.3 Å². The maximum Gasteiger partial charge on any atom is 0.334 e. The van der Waals surface area contributed by atoms with Crippen LogP contribution < -0.4 is 9.64 Å². The minimum absolute atomic E-state index is 0.203. The minimum atomic E-state index is -0.309. The molecule has 1 aliphatic heterocycles. The number of carbonyl (C=O) groups excluding carboxylic acids is 1. The molecule has 2 aliphatic rings. The van der Waals surface area contributed by atoms with Crippen molar-refractivity contribution < 1.29 is 9.53 Å². The average Bonchev–Trinajstić information content (AvgIpc) is 3.04. The van der Waals surface area contributed by atoms with Crippen molar-refractivity contribution in [2.24, 2.45) is 5.92 Å². The normalized spacial score (nSPS) is 25.5. The van der Waals surface area contributed by atoms with Gasteiger partial charge in [-0.3, -0.25) is 0 Å². The van der Waals surface area contributed by atoms with Gasteiger partial charge in [-0.2, -0.15) is 0 Å². The summed E-state index contributed by atoms with van der Waals surface area (Å²) in [7, 11) is 0. The average molecular weight is 337 g/mol. The van der Waals surface area contributed by atoms with Crippen molar-refractivity contribution in [2.75, 3.05) is 4.90 Å². The van der Waals surface area contributed by atoms with E-state index in [2.05, 4.69) is 14.9 Å². The smallest absolute Gasteiger partial charge is 0.334 e. The van der Waals surface area contributed by atoms with E-state index < -0.39 is 0 Å². The van der Waals surface area contributed by atoms with Gasteiger partial charge in [0.25, 0.3) is 0 Å². The fourth-order valence-electron chi connectivity index (χ4n) is 4.17. The van der Waals surface area contributed by atoms with Gasteiger partial charge in [-0.15, -0.1) is 0 Å². The van der Waals surface area contributed by atoms with E-state index in [0.717, 1.165) is 18.4 Å². The molecule has 1 aliphatic carbocycles. The Hall–Kier alpha value is -2.43. The predicted octanol–water partition coefficient (Wildman–Crippen LogP) is 3.53. The van der Waals surface area contributed by atoms with Crippen molar-refractivity contribution in [3.8, 4) is 5.75 Å². The standard InChI is InChI=1S/C20H23N3O2/c1-14-7-9-16(10-8-14)25-19(24)18-13-15-5-2-3-6-17(15)23(18)20-21-11-4-12-22-20/h4,7-12,15,17-18H,2-3,5-6,13H2,1H3/t15-,17-,18+/m1/s1. The molecule has 130 valence electrons. The maximum atomic E-state index is 12.9. The summed E-state index contributed by atoms with van der Waals surface area (Å²) in [6.07, 6.45) is 9.00. The van der Waals surface area contributed by atoms with E-state index in [9.17, 15) is 4.79 Å². The summed E-state index contributed by atoms with van der Waals surface area (Å²) in [4.78, 5) is 23.8. The molecule has 3 atom stereocenters. The molecule has 5 heteroatoms. The lowest BCUT2D eigenvalue weighted by Crippen LogP contribution is -2.44. The number of aryl methyl sites for hydroxylation is 1. The number of rotatable bonds is 3. The first-order valence-electron chi connectivity index (χ1n) is 9.06. The van der Waals surface area contributed by atoms with Gasteiger partial charge in [0, 0.05) is 18.4 Å². The van der Waals surface area contributed by atoms with Crippen molar-refractivity contribution in [2.45, 2.75) is 51.1 Å². The lowest BCUT2D eigenvalue weighted by atomic mass is 9.85. The van der Waals surface area contributed by atoms with Crippen molar-refractivity contribution in [3.63, 3.8) is 0 Å². The zero-order valence-electron chi connectivity index (χ0n) is 14.5. The van der Waals surface area contributed by atoms with Gasteiger partial charge in [-0.1, -0.05) is 30.5 Å². The monoisotopic (exact) mass is 337 g/mol. The molecule has 0 radical (unpaired) electrons. The van der Waals surface area contributed by atoms with Crippen LogP contribution in [-0.4, -0.2) is 28.0 Å². The molecule has 0 bridgehead atoms. The third-order valence-electron chi connectivity index (χ3n) is 5.38. The van der Waals surface area contributed by atoms with Gasteiger partial charge in [0.1, 0.15) is 11.8 Å². The van der Waals surface area contributed by atoms with Crippen LogP contribution in [0.4, 0.5) is 5.95 Å². The topological polar surface area (TPSA) is 55.3 Å². The van der Waals surface area contributed by atoms with E-state index in [1.165, 1.54) is 19.3 Å². The second-order valence-electron chi connectivity index (χ2n) is 7.05. The van der Waals surface area contributed by atoms with E-state index in [4.69, 9.17) is 4.74 Å². The van der Waals surface area contributed by atoms with E-state index in [0.29, 0.717) is 23.7 Å². The molecule has 0 spiro atoms. The SMILES string of the molecule is Cc1ccc(OC(=O)[C@@H]2C[C@H]3CCCC[C@H]3N2c2ncccn2)cc1. The van der Waals surface area contributed by atoms with Crippen LogP contribution in [0.5, 0.6) is 5.75 Å². The highest BCUT2D eigenvalue weighted by Crippen LogP contribution is 2.41. The minimum Gasteiger partial charge on any atom is -0.425 e. The van der Waals surface area contributed by atoms with Crippen molar-refractivity contribution in [1.29, 1.82) is 0 Å². The Morgan fingerprint density at radius 2 is 1.84 bits per heavy atom. The molecule has 0 unspecified atom stereocenters. The van der Waals surface area contributed by atoms with E-state index in [1.807, 2.05) is 31.2 Å². The number of carbonyl (C=O) groups is 1. The van der Waals surface area contributed by atoms with Gasteiger partial charge in [-0.25, -0.2) is 14.8 Å². The summed E-state index contributed by atoms with van der Waals surface area (Å²) in [5.74, 6) is 1.56.